The van der Waals surface area contributed by atoms with Crippen molar-refractivity contribution in [3.8, 4) is 0 Å². The van der Waals surface area contributed by atoms with Crippen LogP contribution >= 0.6 is 15.6 Å². The van der Waals surface area contributed by atoms with E-state index in [1.165, 1.54) is 38.5 Å². The Labute approximate surface area is 677 Å². The van der Waals surface area contributed by atoms with Gasteiger partial charge in [-0.3, -0.25) is 37.3 Å². The van der Waals surface area contributed by atoms with Gasteiger partial charge in [0.2, 0.25) is 0 Å². The topological polar surface area (TPSA) is 237 Å². The monoisotopic (exact) mass is 1600 g/mol. The van der Waals surface area contributed by atoms with Crippen LogP contribution in [0.4, 0.5) is 0 Å². The molecule has 0 rings (SSSR count). The summed E-state index contributed by atoms with van der Waals surface area (Å²) in [5.74, 6) is -2.45. The van der Waals surface area contributed by atoms with E-state index in [2.05, 4.69) is 210 Å². The summed E-state index contributed by atoms with van der Waals surface area (Å²) in [4.78, 5) is 73.2. The Kier molecular flexibility index (Phi) is 77.5. The predicted molar refractivity (Wildman–Crippen MR) is 463 cm³/mol. The number of esters is 4. The van der Waals surface area contributed by atoms with Crippen LogP contribution in [-0.2, 0) is 65.4 Å². The summed E-state index contributed by atoms with van der Waals surface area (Å²) in [5, 5.41) is 10.7. The fourth-order valence-corrected chi connectivity index (χ4v) is 11.7. The van der Waals surface area contributed by atoms with Gasteiger partial charge in [-0.2, -0.15) is 0 Å². The number of rotatable bonds is 76. The van der Waals surface area contributed by atoms with Crippen molar-refractivity contribution in [3.05, 3.63) is 219 Å². The number of aliphatic hydroxyl groups excluding tert-OH is 1. The fourth-order valence-electron chi connectivity index (χ4n) is 10.1. The Morgan fingerprint density at radius 1 is 0.259 bits per heavy atom. The van der Waals surface area contributed by atoms with Gasteiger partial charge in [-0.25, -0.2) is 9.13 Å². The molecule has 0 aromatic carbocycles. The zero-order chi connectivity index (χ0) is 81.7. The third-order valence-electron chi connectivity index (χ3n) is 16.4. The van der Waals surface area contributed by atoms with Crippen LogP contribution in [0.5, 0.6) is 0 Å². The number of carbonyl (C=O) groups is 4. The molecule has 0 heterocycles. The standard InChI is InChI=1S/C93H146O17P2/c1-5-9-13-17-21-25-29-33-37-40-43-46-50-54-58-62-66-70-74-78-91(96)104-84-89(110-93(98)80-76-72-68-64-60-56-52-48-45-42-39-35-31-27-23-19-15-11-7-3)86-108-112(101,102)106-82-87(94)81-105-111(99,100)107-85-88(83-103-90(95)77-73-69-65-61-57-53-49-36-32-28-24-20-16-12-8-4)109-92(97)79-75-71-67-63-59-55-51-47-44-41-38-34-30-26-22-18-14-10-6-2/h9,11,13,15,21-28,33-39,43-49,54-56,58-60,66-67,70-71,87-89,94H,5-8,10,12,14,16-20,29-32,40-42,50-53,57,61-65,68-69,72-86H2,1-4H3,(H,99,100)(H,101,102)/b13-9-,15-11-,25-21-,26-22-,27-23-,28-24-,37-33-,38-34-,39-35-,46-43-,47-44-,48-45-,49-36-,58-54-,59-55-,60-56-,70-66-,71-67-/t87-,88+,89+/m0/s1. The number of unbranched alkanes of at least 4 members (excludes halogenated alkanes) is 14. The summed E-state index contributed by atoms with van der Waals surface area (Å²) in [5.41, 5.74) is 0. The first-order chi connectivity index (χ1) is 54.7. The smallest absolute Gasteiger partial charge is 0.462 e. The molecule has 5 atom stereocenters. The summed E-state index contributed by atoms with van der Waals surface area (Å²) in [6.07, 6.45) is 105. The minimum Gasteiger partial charge on any atom is -0.462 e. The SMILES string of the molecule is CC/C=C\C/C=C\C/C=C\C/C=C\C/C=C\C/C=C\CCC(=O)OC[C@H](COP(=O)(O)OC[C@@H](O)COP(=O)(O)OC[C@@H](COC(=O)CCCCCCC/C=C\C/C=C\CCCCC)OC(=O)CC/C=C\C/C=C\C/C=C\C/C=C\C/C=C\CCCCC)OC(=O)CCCCC/C=C\C/C=C\C/C=C\C/C=C\C/C=C\CC. The second kappa shape index (κ2) is 82.4. The number of phosphoric ester groups is 2. The quantitative estimate of drug-likeness (QED) is 0.0169. The molecule has 0 amide bonds. The van der Waals surface area contributed by atoms with E-state index in [0.29, 0.717) is 38.5 Å². The van der Waals surface area contributed by atoms with Crippen LogP contribution in [0.15, 0.2) is 219 Å². The Bertz CT molecular complexity index is 2990. The minimum absolute atomic E-state index is 0.0167. The maximum Gasteiger partial charge on any atom is 0.472 e. The van der Waals surface area contributed by atoms with Crippen LogP contribution in [0.1, 0.15) is 285 Å². The molecule has 0 saturated heterocycles. The summed E-state index contributed by atoms with van der Waals surface area (Å²) in [7, 11) is -10.1. The molecule has 0 fully saturated rings. The molecule has 630 valence electrons. The number of hydrogen-bond acceptors (Lipinski definition) is 15. The molecule has 112 heavy (non-hydrogen) atoms. The van der Waals surface area contributed by atoms with Gasteiger partial charge in [0.05, 0.1) is 26.4 Å². The minimum atomic E-state index is -5.03. The van der Waals surface area contributed by atoms with Crippen molar-refractivity contribution in [2.24, 2.45) is 0 Å². The number of phosphoric acid groups is 2. The van der Waals surface area contributed by atoms with Gasteiger partial charge in [-0.15, -0.1) is 0 Å². The second-order valence-corrected chi connectivity index (χ2v) is 29.8. The van der Waals surface area contributed by atoms with Crippen molar-refractivity contribution in [2.45, 2.75) is 303 Å². The van der Waals surface area contributed by atoms with Gasteiger partial charge >= 0.3 is 39.5 Å². The highest BCUT2D eigenvalue weighted by Gasteiger charge is 2.30. The number of ether oxygens (including phenoxy) is 4. The van der Waals surface area contributed by atoms with Crippen LogP contribution in [0.25, 0.3) is 0 Å². The first-order valence-electron chi connectivity index (χ1n) is 42.0. The zero-order valence-electron chi connectivity index (χ0n) is 69.0. The zero-order valence-corrected chi connectivity index (χ0v) is 70.8. The molecule has 0 aromatic rings. The Hall–Kier alpha value is -6.62. The largest absolute Gasteiger partial charge is 0.472 e. The Morgan fingerprint density at radius 3 is 0.795 bits per heavy atom. The highest BCUT2D eigenvalue weighted by Crippen LogP contribution is 2.45. The molecule has 0 aliphatic heterocycles. The van der Waals surface area contributed by atoms with Gasteiger partial charge < -0.3 is 33.8 Å². The molecule has 0 radical (unpaired) electrons. The molecule has 0 aromatic heterocycles. The molecule has 2 unspecified atom stereocenters. The lowest BCUT2D eigenvalue weighted by Crippen LogP contribution is -2.30. The van der Waals surface area contributed by atoms with E-state index < -0.39 is 97.5 Å². The number of allylic oxidation sites excluding steroid dienone is 36. The van der Waals surface area contributed by atoms with Crippen molar-refractivity contribution in [1.29, 1.82) is 0 Å². The Balaban J connectivity index is 5.60. The van der Waals surface area contributed by atoms with Crippen molar-refractivity contribution >= 4 is 39.5 Å². The third-order valence-corrected chi connectivity index (χ3v) is 18.3. The van der Waals surface area contributed by atoms with Gasteiger partial charge in [-0.1, -0.05) is 298 Å². The van der Waals surface area contributed by atoms with Gasteiger partial charge in [0.1, 0.15) is 19.3 Å². The molecular formula is C93H146O17P2. The maximum atomic E-state index is 13.1. The van der Waals surface area contributed by atoms with E-state index >= 15 is 0 Å². The summed E-state index contributed by atoms with van der Waals surface area (Å²) in [6, 6.07) is 0. The average Bonchev–Trinajstić information content (AvgIpc) is 0.908. The molecule has 0 aliphatic carbocycles. The molecule has 17 nitrogen and oxygen atoms in total. The van der Waals surface area contributed by atoms with Crippen LogP contribution in [0.2, 0.25) is 0 Å². The van der Waals surface area contributed by atoms with Crippen LogP contribution in [0.3, 0.4) is 0 Å². The molecular weight excluding hydrogens is 1450 g/mol. The molecule has 3 N–H and O–H groups in total. The predicted octanol–water partition coefficient (Wildman–Crippen LogP) is 25.2. The molecule has 0 aliphatic rings. The summed E-state index contributed by atoms with van der Waals surface area (Å²) < 4.78 is 68.5. The lowest BCUT2D eigenvalue weighted by Gasteiger charge is -2.21. The van der Waals surface area contributed by atoms with Crippen molar-refractivity contribution in [1.82, 2.24) is 0 Å². The summed E-state index contributed by atoms with van der Waals surface area (Å²) >= 11 is 0. The van der Waals surface area contributed by atoms with Gasteiger partial charge in [-0.05, 0) is 180 Å². The van der Waals surface area contributed by atoms with Crippen LogP contribution in [0, 0.1) is 0 Å². The van der Waals surface area contributed by atoms with Gasteiger partial charge in [0.15, 0.2) is 12.2 Å². The van der Waals surface area contributed by atoms with Crippen LogP contribution < -0.4 is 0 Å². The van der Waals surface area contributed by atoms with E-state index in [9.17, 15) is 43.2 Å². The highest BCUT2D eigenvalue weighted by atomic mass is 31.2. The molecule has 19 heteroatoms. The van der Waals surface area contributed by atoms with E-state index in [1.807, 2.05) is 36.5 Å². The highest BCUT2D eigenvalue weighted by molar-refractivity contribution is 7.47. The normalized spacial score (nSPS) is 14.9. The van der Waals surface area contributed by atoms with Gasteiger partial charge in [0.25, 0.3) is 0 Å². The van der Waals surface area contributed by atoms with Crippen molar-refractivity contribution in [2.75, 3.05) is 39.6 Å². The first-order valence-corrected chi connectivity index (χ1v) is 45.0. The number of hydrogen-bond donors (Lipinski definition) is 3. The summed E-state index contributed by atoms with van der Waals surface area (Å²) in [6.45, 7) is 4.34. The van der Waals surface area contributed by atoms with E-state index in [-0.39, 0.29) is 25.7 Å². The number of carbonyl (C=O) groups excluding carboxylic acids is 4. The van der Waals surface area contributed by atoms with E-state index in [4.69, 9.17) is 37.0 Å². The van der Waals surface area contributed by atoms with Crippen LogP contribution in [-0.4, -0.2) is 96.7 Å². The molecule has 0 bridgehead atoms. The van der Waals surface area contributed by atoms with Crippen molar-refractivity contribution < 1.29 is 80.2 Å². The Morgan fingerprint density at radius 2 is 0.482 bits per heavy atom. The van der Waals surface area contributed by atoms with E-state index in [1.54, 1.807) is 0 Å². The van der Waals surface area contributed by atoms with E-state index in [0.717, 1.165) is 154 Å². The first kappa shape index (κ1) is 105. The maximum absolute atomic E-state index is 13.1. The average molecular weight is 1600 g/mol. The lowest BCUT2D eigenvalue weighted by molar-refractivity contribution is -0.161. The molecule has 0 saturated carbocycles. The third kappa shape index (κ3) is 81.4. The molecule has 0 spiro atoms. The van der Waals surface area contributed by atoms with Gasteiger partial charge in [0, 0.05) is 25.7 Å². The number of aliphatic hydroxyl groups is 1. The second-order valence-electron chi connectivity index (χ2n) is 26.9. The lowest BCUT2D eigenvalue weighted by atomic mass is 10.1. The fraction of sp³-hybridized carbons (Fsp3) is 0.570. The van der Waals surface area contributed by atoms with Crippen molar-refractivity contribution in [3.63, 3.8) is 0 Å².